The van der Waals surface area contributed by atoms with Crippen LogP contribution in [0.5, 0.6) is 0 Å². The summed E-state index contributed by atoms with van der Waals surface area (Å²) in [6, 6.07) is 5.18. The van der Waals surface area contributed by atoms with Crippen molar-refractivity contribution in [2.45, 2.75) is 50.9 Å². The Hall–Kier alpha value is -2.78. The molecule has 4 aliphatic rings. The predicted octanol–water partition coefficient (Wildman–Crippen LogP) is -0.156. The summed E-state index contributed by atoms with van der Waals surface area (Å²) >= 11 is 0. The first-order valence-corrected chi connectivity index (χ1v) is 11.5. The van der Waals surface area contributed by atoms with E-state index in [4.69, 9.17) is 0 Å². The van der Waals surface area contributed by atoms with Crippen LogP contribution in [0.3, 0.4) is 0 Å². The van der Waals surface area contributed by atoms with Gasteiger partial charge in [0.1, 0.15) is 6.04 Å². The minimum atomic E-state index is -0.601. The predicted molar refractivity (Wildman–Crippen MR) is 115 cm³/mol. The fourth-order valence-electron chi connectivity index (χ4n) is 5.33. The van der Waals surface area contributed by atoms with Crippen molar-refractivity contribution in [1.29, 1.82) is 0 Å². The number of nitrogens with one attached hydrogen (secondary N) is 2. The number of benzene rings is 1. The molecular weight excluding hydrogens is 410 g/mol. The lowest BCUT2D eigenvalue weighted by atomic mass is 10.0. The topological polar surface area (TPSA) is 102 Å². The highest BCUT2D eigenvalue weighted by molar-refractivity contribution is 6.05. The molecule has 4 heterocycles. The van der Waals surface area contributed by atoms with E-state index in [0.717, 1.165) is 56.7 Å². The van der Waals surface area contributed by atoms with E-state index in [9.17, 15) is 19.2 Å². The van der Waals surface area contributed by atoms with Crippen LogP contribution in [0.15, 0.2) is 18.2 Å². The van der Waals surface area contributed by atoms with Crippen LogP contribution in [0.25, 0.3) is 0 Å². The van der Waals surface area contributed by atoms with Crippen molar-refractivity contribution in [3.63, 3.8) is 0 Å². The van der Waals surface area contributed by atoms with E-state index in [1.54, 1.807) is 4.90 Å². The van der Waals surface area contributed by atoms with Crippen LogP contribution in [0, 0.1) is 0 Å². The fourth-order valence-corrected chi connectivity index (χ4v) is 5.33. The molecular formula is C23H29N5O4. The molecule has 0 bridgehead atoms. The highest BCUT2D eigenvalue weighted by atomic mass is 16.2. The zero-order chi connectivity index (χ0) is 22.2. The fraction of sp³-hybridized carbons (Fsp3) is 0.565. The van der Waals surface area contributed by atoms with Gasteiger partial charge in [-0.25, -0.2) is 0 Å². The van der Waals surface area contributed by atoms with Gasteiger partial charge in [0.2, 0.25) is 17.7 Å². The third kappa shape index (κ3) is 3.91. The molecule has 2 unspecified atom stereocenters. The quantitative estimate of drug-likeness (QED) is 0.633. The summed E-state index contributed by atoms with van der Waals surface area (Å²) in [7, 11) is 0. The number of amides is 4. The number of nitrogens with zero attached hydrogens (tertiary/aromatic N) is 3. The number of imide groups is 1. The van der Waals surface area contributed by atoms with Crippen molar-refractivity contribution < 1.29 is 19.2 Å². The highest BCUT2D eigenvalue weighted by Gasteiger charge is 2.39. The Bertz CT molecular complexity index is 958. The highest BCUT2D eigenvalue weighted by Crippen LogP contribution is 2.29. The summed E-state index contributed by atoms with van der Waals surface area (Å²) in [6.07, 6.45) is 2.48. The first-order valence-electron chi connectivity index (χ1n) is 11.5. The lowest BCUT2D eigenvalue weighted by Gasteiger charge is -2.33. The van der Waals surface area contributed by atoms with Gasteiger partial charge in [0.05, 0.1) is 6.04 Å². The van der Waals surface area contributed by atoms with Crippen LogP contribution in [0.4, 0.5) is 0 Å². The van der Waals surface area contributed by atoms with Crippen LogP contribution in [0.1, 0.15) is 47.2 Å². The standard InChI is InChI=1S/C23H29N5O4/c29-20-6-5-18(21(30)25-20)28-14-16-4-3-15(12-17(16)22(28)31)13-27-9-1-2-19(27)23(32)26-10-7-24-8-11-26/h3-4,12,18-19,24H,1-2,5-11,13-14H2,(H,25,29,30). The van der Waals surface area contributed by atoms with E-state index in [-0.39, 0.29) is 30.2 Å². The molecule has 0 aromatic heterocycles. The average Bonchev–Trinajstić information content (AvgIpc) is 3.38. The van der Waals surface area contributed by atoms with Gasteiger partial charge in [0, 0.05) is 51.3 Å². The Morgan fingerprint density at radius 2 is 1.88 bits per heavy atom. The molecule has 4 aliphatic heterocycles. The monoisotopic (exact) mass is 439 g/mol. The van der Waals surface area contributed by atoms with Crippen LogP contribution < -0.4 is 10.6 Å². The van der Waals surface area contributed by atoms with Crippen molar-refractivity contribution in [3.05, 3.63) is 34.9 Å². The molecule has 4 amide bonds. The first kappa shape index (κ1) is 21.1. The van der Waals surface area contributed by atoms with Crippen molar-refractivity contribution in [3.8, 4) is 0 Å². The maximum atomic E-state index is 13.1. The Labute approximate surface area is 187 Å². The lowest BCUT2D eigenvalue weighted by molar-refractivity contribution is -0.137. The van der Waals surface area contributed by atoms with Crippen LogP contribution in [-0.4, -0.2) is 83.1 Å². The van der Waals surface area contributed by atoms with Gasteiger partial charge < -0.3 is 15.1 Å². The second kappa shape index (κ2) is 8.63. The minimum absolute atomic E-state index is 0.1000. The number of rotatable bonds is 4. The van der Waals surface area contributed by atoms with Crippen LogP contribution in [0.2, 0.25) is 0 Å². The van der Waals surface area contributed by atoms with E-state index in [1.807, 2.05) is 23.1 Å². The van der Waals surface area contributed by atoms with E-state index in [0.29, 0.717) is 25.1 Å². The van der Waals surface area contributed by atoms with Gasteiger partial charge in [0.15, 0.2) is 0 Å². The SMILES string of the molecule is O=C1CCC(N2Cc3ccc(CN4CCCC4C(=O)N4CCNCC4)cc3C2=O)C(=O)N1. The van der Waals surface area contributed by atoms with Crippen molar-refractivity contribution in [1.82, 2.24) is 25.3 Å². The first-order chi connectivity index (χ1) is 15.5. The molecule has 170 valence electrons. The molecule has 2 atom stereocenters. The Morgan fingerprint density at radius 1 is 1.06 bits per heavy atom. The number of piperazine rings is 1. The van der Waals surface area contributed by atoms with Gasteiger partial charge in [-0.2, -0.15) is 0 Å². The average molecular weight is 440 g/mol. The molecule has 9 heteroatoms. The normalized spacial score (nSPS) is 26.4. The largest absolute Gasteiger partial charge is 0.339 e. The summed E-state index contributed by atoms with van der Waals surface area (Å²) < 4.78 is 0. The molecule has 1 aromatic carbocycles. The molecule has 0 spiro atoms. The van der Waals surface area contributed by atoms with Gasteiger partial charge in [-0.05, 0) is 43.0 Å². The van der Waals surface area contributed by atoms with Crippen LogP contribution in [-0.2, 0) is 27.5 Å². The van der Waals surface area contributed by atoms with E-state index in [2.05, 4.69) is 15.5 Å². The van der Waals surface area contributed by atoms with Crippen molar-refractivity contribution >= 4 is 23.6 Å². The van der Waals surface area contributed by atoms with E-state index in [1.165, 1.54) is 0 Å². The molecule has 2 N–H and O–H groups in total. The third-order valence-electron chi connectivity index (χ3n) is 7.06. The number of carbonyl (C=O) groups excluding carboxylic acids is 4. The molecule has 9 nitrogen and oxygen atoms in total. The molecule has 5 rings (SSSR count). The molecule has 1 aromatic rings. The lowest BCUT2D eigenvalue weighted by Crippen LogP contribution is -2.52. The maximum absolute atomic E-state index is 13.1. The summed E-state index contributed by atoms with van der Waals surface area (Å²) in [4.78, 5) is 55.6. The molecule has 0 aliphatic carbocycles. The second-order valence-corrected chi connectivity index (χ2v) is 9.10. The van der Waals surface area contributed by atoms with Crippen molar-refractivity contribution in [2.75, 3.05) is 32.7 Å². The molecule has 0 radical (unpaired) electrons. The number of likely N-dealkylation sites (tertiary alicyclic amines) is 1. The number of piperidine rings is 1. The Balaban J connectivity index is 1.28. The smallest absolute Gasteiger partial charge is 0.255 e. The Kier molecular flexibility index (Phi) is 5.69. The summed E-state index contributed by atoms with van der Waals surface area (Å²) in [6.45, 7) is 5.08. The summed E-state index contributed by atoms with van der Waals surface area (Å²) in [5, 5.41) is 5.62. The van der Waals surface area contributed by atoms with E-state index >= 15 is 0 Å². The molecule has 32 heavy (non-hydrogen) atoms. The third-order valence-corrected chi connectivity index (χ3v) is 7.06. The second-order valence-electron chi connectivity index (χ2n) is 9.10. The number of hydrogen-bond acceptors (Lipinski definition) is 6. The molecule has 3 fully saturated rings. The van der Waals surface area contributed by atoms with Gasteiger partial charge in [-0.3, -0.25) is 29.4 Å². The zero-order valence-electron chi connectivity index (χ0n) is 18.1. The summed E-state index contributed by atoms with van der Waals surface area (Å²) in [5.41, 5.74) is 2.52. The molecule has 3 saturated heterocycles. The number of carbonyl (C=O) groups is 4. The van der Waals surface area contributed by atoms with Crippen molar-refractivity contribution in [2.24, 2.45) is 0 Å². The van der Waals surface area contributed by atoms with E-state index < -0.39 is 11.9 Å². The van der Waals surface area contributed by atoms with Gasteiger partial charge in [-0.1, -0.05) is 12.1 Å². The number of hydrogen-bond donors (Lipinski definition) is 2. The van der Waals surface area contributed by atoms with Gasteiger partial charge >= 0.3 is 0 Å². The number of fused-ring (bicyclic) bond motifs is 1. The van der Waals surface area contributed by atoms with Crippen LogP contribution >= 0.6 is 0 Å². The Morgan fingerprint density at radius 3 is 2.66 bits per heavy atom. The summed E-state index contributed by atoms with van der Waals surface area (Å²) in [5.74, 6) is -0.626. The van der Waals surface area contributed by atoms with Gasteiger partial charge in [-0.15, -0.1) is 0 Å². The maximum Gasteiger partial charge on any atom is 0.255 e. The molecule has 0 saturated carbocycles. The minimum Gasteiger partial charge on any atom is -0.339 e. The zero-order valence-corrected chi connectivity index (χ0v) is 18.1. The van der Waals surface area contributed by atoms with Gasteiger partial charge in [0.25, 0.3) is 5.91 Å².